The van der Waals surface area contributed by atoms with Gasteiger partial charge in [0.05, 0.1) is 32.7 Å². The molecule has 6 nitrogen and oxygen atoms in total. The number of rotatable bonds is 6. The van der Waals surface area contributed by atoms with Gasteiger partial charge in [0, 0.05) is 22.2 Å². The molecule has 1 fully saturated rings. The van der Waals surface area contributed by atoms with Crippen LogP contribution in [0.2, 0.25) is 5.02 Å². The van der Waals surface area contributed by atoms with Crippen LogP contribution in [0, 0.1) is 11.2 Å². The minimum atomic E-state index is -2.83. The fraction of sp³-hybridized carbons (Fsp3) is 0.226. The number of ketones is 1. The maximum atomic E-state index is 14.3. The van der Waals surface area contributed by atoms with Gasteiger partial charge in [0.2, 0.25) is 0 Å². The molecule has 2 aromatic carbocycles. The lowest BCUT2D eigenvalue weighted by molar-refractivity contribution is 0.0749. The molecule has 0 amide bonds. The van der Waals surface area contributed by atoms with E-state index in [1.165, 1.54) is 12.1 Å². The van der Waals surface area contributed by atoms with E-state index >= 15 is 0 Å². The van der Waals surface area contributed by atoms with E-state index in [1.807, 2.05) is 17.4 Å². The number of carbonyl (C=O) groups excluding carboxylic acids is 1. The van der Waals surface area contributed by atoms with Crippen LogP contribution in [-0.4, -0.2) is 48.0 Å². The van der Waals surface area contributed by atoms with Gasteiger partial charge < -0.3 is 0 Å². The van der Waals surface area contributed by atoms with Crippen molar-refractivity contribution in [2.45, 2.75) is 36.6 Å². The van der Waals surface area contributed by atoms with Crippen molar-refractivity contribution in [2.75, 3.05) is 7.05 Å². The molecule has 1 unspecified atom stereocenters. The van der Waals surface area contributed by atoms with Crippen LogP contribution >= 0.6 is 11.6 Å². The van der Waals surface area contributed by atoms with E-state index in [4.69, 9.17) is 11.6 Å². The SMILES string of the molecule is C=S(=O)(c1ccc(Cl)cc1)N(C)[C@H]1CCC2=Cc3c(cnn3-c3ccc(F)cc3)C[C@]2(C(=O)c2ccccn2)C1. The number of Topliss-reactive ketones (excluding diaryl/α,β-unsaturated/α-hetero) is 1. The Balaban J connectivity index is 1.41. The second-order valence-corrected chi connectivity index (χ2v) is 13.2. The van der Waals surface area contributed by atoms with Crippen LogP contribution in [0.5, 0.6) is 0 Å². The summed E-state index contributed by atoms with van der Waals surface area (Å²) in [6.07, 6.45) is 7.72. The average Bonchev–Trinajstić information content (AvgIpc) is 3.38. The first-order valence-corrected chi connectivity index (χ1v) is 15.1. The summed E-state index contributed by atoms with van der Waals surface area (Å²) >= 11 is 6.07. The Hall–Kier alpha value is -3.59. The lowest BCUT2D eigenvalue weighted by atomic mass is 9.60. The largest absolute Gasteiger partial charge is 0.291 e. The molecule has 0 spiro atoms. The quantitative estimate of drug-likeness (QED) is 0.208. The molecule has 9 heteroatoms. The van der Waals surface area contributed by atoms with Gasteiger partial charge in [0.1, 0.15) is 11.5 Å². The number of hydrogen-bond donors (Lipinski definition) is 0. The molecule has 2 aliphatic carbocycles. The molecule has 204 valence electrons. The Kier molecular flexibility index (Phi) is 6.73. The van der Waals surface area contributed by atoms with E-state index in [1.54, 1.807) is 65.6 Å². The first kappa shape index (κ1) is 26.6. The minimum Gasteiger partial charge on any atom is -0.291 e. The van der Waals surface area contributed by atoms with E-state index < -0.39 is 15.1 Å². The van der Waals surface area contributed by atoms with Crippen molar-refractivity contribution >= 4 is 39.0 Å². The molecule has 1 saturated carbocycles. The van der Waals surface area contributed by atoms with Crippen molar-refractivity contribution in [2.24, 2.45) is 5.41 Å². The number of pyridine rings is 1. The number of allylic oxidation sites excluding steroid dienone is 1. The summed E-state index contributed by atoms with van der Waals surface area (Å²) in [5.74, 6) is 3.74. The van der Waals surface area contributed by atoms with Gasteiger partial charge in [-0.25, -0.2) is 17.6 Å². The maximum absolute atomic E-state index is 14.3. The highest BCUT2D eigenvalue weighted by atomic mass is 35.5. The van der Waals surface area contributed by atoms with Crippen molar-refractivity contribution in [3.8, 4) is 5.69 Å². The summed E-state index contributed by atoms with van der Waals surface area (Å²) in [5, 5.41) is 5.17. The number of aromatic nitrogens is 3. The van der Waals surface area contributed by atoms with Crippen LogP contribution in [0.25, 0.3) is 11.8 Å². The van der Waals surface area contributed by atoms with Crippen LogP contribution in [-0.2, 0) is 16.1 Å². The molecule has 0 N–H and O–H groups in total. The van der Waals surface area contributed by atoms with Crippen LogP contribution in [0.15, 0.2) is 89.6 Å². The van der Waals surface area contributed by atoms with E-state index in [0.29, 0.717) is 41.3 Å². The van der Waals surface area contributed by atoms with Gasteiger partial charge in [-0.2, -0.15) is 5.10 Å². The Labute approximate surface area is 238 Å². The zero-order valence-electron chi connectivity index (χ0n) is 22.0. The summed E-state index contributed by atoms with van der Waals surface area (Å²) in [7, 11) is -1.00. The monoisotopic (exact) mass is 574 g/mol. The molecule has 0 bridgehead atoms. The van der Waals surface area contributed by atoms with Gasteiger partial charge in [0.15, 0.2) is 5.78 Å². The van der Waals surface area contributed by atoms with Gasteiger partial charge in [-0.05, 0) is 111 Å². The fourth-order valence-electron chi connectivity index (χ4n) is 5.98. The predicted molar refractivity (Wildman–Crippen MR) is 157 cm³/mol. The molecular weight excluding hydrogens is 547 g/mol. The van der Waals surface area contributed by atoms with Crippen molar-refractivity contribution in [3.05, 3.63) is 112 Å². The predicted octanol–water partition coefficient (Wildman–Crippen LogP) is 6.04. The summed E-state index contributed by atoms with van der Waals surface area (Å²) in [6.45, 7) is 0. The summed E-state index contributed by atoms with van der Waals surface area (Å²) < 4.78 is 31.2. The summed E-state index contributed by atoms with van der Waals surface area (Å²) in [5.41, 5.74) is 3.10. The van der Waals surface area contributed by atoms with Crippen LogP contribution in [0.1, 0.15) is 41.0 Å². The lowest BCUT2D eigenvalue weighted by Crippen LogP contribution is -2.49. The molecule has 2 aliphatic rings. The summed E-state index contributed by atoms with van der Waals surface area (Å²) in [4.78, 5) is 19.3. The van der Waals surface area contributed by atoms with Crippen LogP contribution < -0.4 is 0 Å². The zero-order chi connectivity index (χ0) is 28.1. The molecule has 6 rings (SSSR count). The van der Waals surface area contributed by atoms with Gasteiger partial charge in [-0.1, -0.05) is 23.2 Å². The van der Waals surface area contributed by atoms with Crippen molar-refractivity contribution in [1.82, 2.24) is 19.1 Å². The van der Waals surface area contributed by atoms with E-state index in [0.717, 1.165) is 22.5 Å². The van der Waals surface area contributed by atoms with Gasteiger partial charge in [0.25, 0.3) is 0 Å². The maximum Gasteiger partial charge on any atom is 0.191 e. The highest BCUT2D eigenvalue weighted by Crippen LogP contribution is 2.51. The van der Waals surface area contributed by atoms with Gasteiger partial charge in [-0.15, -0.1) is 0 Å². The standard InChI is InChI=1S/C31H28ClFN4O2S/c1-36(40(2,39)27-14-7-23(32)8-15-27)26-11-6-22-17-29-21(20-35-37(29)25-12-9-24(33)10-13-25)18-31(22,19-26)30(38)28-5-3-4-16-34-28/h3-5,7-10,12-17,20,26H,2,6,11,18-19H2,1H3/t26-,31-,40?/m0/s1. The number of fused-ring (bicyclic) bond motifs is 2. The minimum absolute atomic E-state index is 0.0558. The Morgan fingerprint density at radius 1 is 1.15 bits per heavy atom. The molecule has 4 aromatic rings. The second kappa shape index (κ2) is 10.1. The topological polar surface area (TPSA) is 68.1 Å². The van der Waals surface area contributed by atoms with Gasteiger partial charge in [-0.3, -0.25) is 9.78 Å². The molecule has 0 radical (unpaired) electrons. The zero-order valence-corrected chi connectivity index (χ0v) is 23.5. The number of benzene rings is 2. The Morgan fingerprint density at radius 3 is 2.60 bits per heavy atom. The molecule has 0 saturated heterocycles. The molecule has 0 aliphatic heterocycles. The van der Waals surface area contributed by atoms with E-state index in [-0.39, 0.29) is 17.6 Å². The number of halogens is 2. The normalized spacial score (nSPS) is 21.7. The van der Waals surface area contributed by atoms with Crippen molar-refractivity contribution in [1.29, 1.82) is 0 Å². The van der Waals surface area contributed by atoms with Gasteiger partial charge >= 0.3 is 0 Å². The Bertz CT molecular complexity index is 1720. The third kappa shape index (κ3) is 4.50. The molecule has 40 heavy (non-hydrogen) atoms. The molecule has 2 heterocycles. The van der Waals surface area contributed by atoms with Crippen molar-refractivity contribution < 1.29 is 13.4 Å². The smallest absolute Gasteiger partial charge is 0.191 e. The highest BCUT2D eigenvalue weighted by molar-refractivity contribution is 7.98. The number of nitrogens with zero attached hydrogens (tertiary/aromatic N) is 4. The first-order valence-electron chi connectivity index (χ1n) is 13.0. The lowest BCUT2D eigenvalue weighted by Gasteiger charge is -2.46. The molecule has 2 aromatic heterocycles. The average molecular weight is 575 g/mol. The highest BCUT2D eigenvalue weighted by Gasteiger charge is 2.50. The first-order chi connectivity index (χ1) is 19.2. The fourth-order valence-corrected chi connectivity index (χ4v) is 7.66. The molecular formula is C31H28ClFN4O2S. The third-order valence-corrected chi connectivity index (χ3v) is 10.7. The Morgan fingerprint density at radius 2 is 1.90 bits per heavy atom. The molecule has 3 atom stereocenters. The van der Waals surface area contributed by atoms with E-state index in [2.05, 4.69) is 22.0 Å². The number of hydrogen-bond acceptors (Lipinski definition) is 4. The van der Waals surface area contributed by atoms with Crippen LogP contribution in [0.4, 0.5) is 4.39 Å². The van der Waals surface area contributed by atoms with Crippen LogP contribution in [0.3, 0.4) is 0 Å². The number of carbonyl (C=O) groups is 1. The summed E-state index contributed by atoms with van der Waals surface area (Å²) in [6, 6.07) is 18.3. The third-order valence-electron chi connectivity index (χ3n) is 8.20. The van der Waals surface area contributed by atoms with Crippen molar-refractivity contribution in [3.63, 3.8) is 0 Å². The second-order valence-electron chi connectivity index (χ2n) is 10.5. The van der Waals surface area contributed by atoms with E-state index in [9.17, 15) is 13.4 Å².